The summed E-state index contributed by atoms with van der Waals surface area (Å²) >= 11 is 0.367. The molecule has 0 bridgehead atoms. The van der Waals surface area contributed by atoms with Crippen molar-refractivity contribution in [3.8, 4) is 0 Å². The summed E-state index contributed by atoms with van der Waals surface area (Å²) in [5, 5.41) is 2.18. The van der Waals surface area contributed by atoms with Crippen molar-refractivity contribution in [2.24, 2.45) is 0 Å². The third-order valence-electron chi connectivity index (χ3n) is 2.57. The van der Waals surface area contributed by atoms with E-state index < -0.39 is 29.5 Å². The molecule has 0 radical (unpaired) electrons. The van der Waals surface area contributed by atoms with Crippen molar-refractivity contribution >= 4 is 23.4 Å². The highest BCUT2D eigenvalue weighted by Gasteiger charge is 2.28. The predicted molar refractivity (Wildman–Crippen MR) is 75.3 cm³/mol. The molecule has 1 aromatic heterocycles. The second kappa shape index (κ2) is 6.95. The van der Waals surface area contributed by atoms with E-state index in [2.05, 4.69) is 10.3 Å². The molecule has 23 heavy (non-hydrogen) atoms. The summed E-state index contributed by atoms with van der Waals surface area (Å²) in [6.45, 7) is 0. The Kier molecular flexibility index (Phi) is 5.19. The number of rotatable bonds is 4. The first-order valence-electron chi connectivity index (χ1n) is 6.17. The minimum absolute atomic E-state index is 0.0236. The number of nitrogens with zero attached hydrogens (tertiary/aromatic N) is 1. The van der Waals surface area contributed by atoms with Crippen molar-refractivity contribution in [1.82, 2.24) is 4.98 Å². The van der Waals surface area contributed by atoms with E-state index in [1.165, 1.54) is 18.3 Å². The molecule has 0 unspecified atom stereocenters. The highest BCUT2D eigenvalue weighted by Crippen LogP contribution is 2.28. The van der Waals surface area contributed by atoms with E-state index in [1.807, 2.05) is 0 Å². The number of pyridine rings is 1. The van der Waals surface area contributed by atoms with Gasteiger partial charge in [-0.2, -0.15) is 13.2 Å². The number of carbonyl (C=O) groups is 1. The maximum Gasteiger partial charge on any atom is 0.398 e. The lowest BCUT2D eigenvalue weighted by molar-refractivity contribution is -0.105. The number of amides is 1. The second-order valence-corrected chi connectivity index (χ2v) is 5.31. The van der Waals surface area contributed by atoms with Crippen LogP contribution in [0, 0.1) is 11.6 Å². The summed E-state index contributed by atoms with van der Waals surface area (Å²) in [6.07, 6.45) is -3.15. The zero-order chi connectivity index (χ0) is 17.0. The molecule has 1 N–H and O–H groups in total. The van der Waals surface area contributed by atoms with Gasteiger partial charge in [-0.25, -0.2) is 13.8 Å². The van der Waals surface area contributed by atoms with Crippen molar-refractivity contribution in [2.45, 2.75) is 11.2 Å². The third-order valence-corrected chi connectivity index (χ3v) is 3.64. The molecule has 0 aliphatic heterocycles. The van der Waals surface area contributed by atoms with Gasteiger partial charge in [0.15, 0.2) is 11.6 Å². The van der Waals surface area contributed by atoms with Gasteiger partial charge in [0.1, 0.15) is 5.03 Å². The molecule has 3 nitrogen and oxygen atoms in total. The van der Waals surface area contributed by atoms with Gasteiger partial charge >= 0.3 is 6.18 Å². The third kappa shape index (κ3) is 4.92. The van der Waals surface area contributed by atoms with Crippen LogP contribution in [-0.2, 0) is 0 Å². The molecule has 9 heteroatoms. The predicted octanol–water partition coefficient (Wildman–Crippen LogP) is 4.27. The topological polar surface area (TPSA) is 42.0 Å². The molecule has 1 heterocycles. The van der Waals surface area contributed by atoms with Crippen molar-refractivity contribution in [1.29, 1.82) is 0 Å². The van der Waals surface area contributed by atoms with Crippen LogP contribution in [0.1, 0.15) is 10.4 Å². The minimum Gasteiger partial charge on any atom is -0.322 e. The number of hydrogen-bond acceptors (Lipinski definition) is 3. The fourth-order valence-corrected chi connectivity index (χ4v) is 2.35. The van der Waals surface area contributed by atoms with Crippen LogP contribution in [0.3, 0.4) is 0 Å². The monoisotopic (exact) mass is 348 g/mol. The molecule has 1 aromatic carbocycles. The maximum atomic E-state index is 13.1. The van der Waals surface area contributed by atoms with Crippen LogP contribution in [0.2, 0.25) is 0 Å². The number of halogens is 5. The molecular weight excluding hydrogens is 339 g/mol. The zero-order valence-electron chi connectivity index (χ0n) is 11.3. The summed E-state index contributed by atoms with van der Waals surface area (Å²) < 4.78 is 62.8. The number of nitrogens with one attached hydrogen (secondary N) is 1. The largest absolute Gasteiger partial charge is 0.398 e. The quantitative estimate of drug-likeness (QED) is 0.663. The van der Waals surface area contributed by atoms with Crippen LogP contribution >= 0.6 is 11.8 Å². The molecule has 0 saturated heterocycles. The fourth-order valence-electron chi connectivity index (χ4n) is 1.60. The van der Waals surface area contributed by atoms with E-state index >= 15 is 0 Å². The number of hydrogen-bond donors (Lipinski definition) is 1. The molecule has 2 rings (SSSR count). The lowest BCUT2D eigenvalue weighted by Gasteiger charge is -2.10. The van der Waals surface area contributed by atoms with Gasteiger partial charge in [-0.05, 0) is 24.3 Å². The number of aromatic nitrogens is 1. The van der Waals surface area contributed by atoms with Crippen LogP contribution in [0.15, 0.2) is 41.6 Å². The van der Waals surface area contributed by atoms with Crippen LogP contribution in [0.4, 0.5) is 27.6 Å². The molecule has 0 saturated carbocycles. The van der Waals surface area contributed by atoms with Crippen LogP contribution in [-0.4, -0.2) is 22.8 Å². The van der Waals surface area contributed by atoms with E-state index in [1.54, 1.807) is 0 Å². The highest BCUT2D eigenvalue weighted by atomic mass is 32.2. The van der Waals surface area contributed by atoms with Gasteiger partial charge in [0.2, 0.25) is 0 Å². The van der Waals surface area contributed by atoms with E-state index in [-0.39, 0.29) is 16.3 Å². The van der Waals surface area contributed by atoms with Gasteiger partial charge in [-0.1, -0.05) is 11.8 Å². The lowest BCUT2D eigenvalue weighted by Crippen LogP contribution is -2.15. The molecule has 0 aliphatic rings. The highest BCUT2D eigenvalue weighted by molar-refractivity contribution is 7.99. The second-order valence-electron chi connectivity index (χ2n) is 4.34. The van der Waals surface area contributed by atoms with Gasteiger partial charge in [-0.15, -0.1) is 0 Å². The molecule has 0 fully saturated rings. The Morgan fingerprint density at radius 2 is 1.91 bits per heavy atom. The average molecular weight is 348 g/mol. The number of carbonyl (C=O) groups excluding carboxylic acids is 1. The molecule has 0 spiro atoms. The molecule has 122 valence electrons. The van der Waals surface area contributed by atoms with E-state index in [0.29, 0.717) is 11.8 Å². The van der Waals surface area contributed by atoms with Crippen LogP contribution < -0.4 is 5.32 Å². The summed E-state index contributed by atoms with van der Waals surface area (Å²) in [5.41, 5.74) is -0.115. The summed E-state index contributed by atoms with van der Waals surface area (Å²) in [7, 11) is 0. The van der Waals surface area contributed by atoms with Crippen LogP contribution in [0.25, 0.3) is 0 Å². The average Bonchev–Trinajstić information content (AvgIpc) is 2.48. The van der Waals surface area contributed by atoms with E-state index in [9.17, 15) is 26.7 Å². The molecule has 2 aromatic rings. The number of thioether (sulfide) groups is 1. The van der Waals surface area contributed by atoms with Crippen LogP contribution in [0.5, 0.6) is 0 Å². The summed E-state index contributed by atoms with van der Waals surface area (Å²) in [4.78, 5) is 15.8. The Bertz CT molecular complexity index is 721. The van der Waals surface area contributed by atoms with E-state index in [4.69, 9.17) is 0 Å². The Balaban J connectivity index is 2.17. The summed E-state index contributed by atoms with van der Waals surface area (Å²) in [6, 6.07) is 5.41. The SMILES string of the molecule is O=C(Nc1ccc(F)c(F)c1)c1cccnc1SCC(F)(F)F. The maximum absolute atomic E-state index is 13.1. The Morgan fingerprint density at radius 3 is 2.57 bits per heavy atom. The van der Waals surface area contributed by atoms with Crippen molar-refractivity contribution < 1.29 is 26.7 Å². The number of alkyl halides is 3. The number of anilines is 1. The zero-order valence-corrected chi connectivity index (χ0v) is 12.1. The van der Waals surface area contributed by atoms with Gasteiger partial charge in [0, 0.05) is 18.0 Å². The van der Waals surface area contributed by atoms with Crippen molar-refractivity contribution in [3.63, 3.8) is 0 Å². The van der Waals surface area contributed by atoms with Crippen molar-refractivity contribution in [2.75, 3.05) is 11.1 Å². The lowest BCUT2D eigenvalue weighted by atomic mass is 10.2. The number of benzene rings is 1. The molecular formula is C14H9F5N2OS. The van der Waals surface area contributed by atoms with Gasteiger partial charge in [-0.3, -0.25) is 4.79 Å². The molecule has 0 atom stereocenters. The Labute approximate surface area is 131 Å². The first kappa shape index (κ1) is 17.2. The van der Waals surface area contributed by atoms with E-state index in [0.717, 1.165) is 18.2 Å². The Hall–Kier alpha value is -2.16. The Morgan fingerprint density at radius 1 is 1.17 bits per heavy atom. The van der Waals surface area contributed by atoms with Gasteiger partial charge < -0.3 is 5.32 Å². The molecule has 1 amide bonds. The van der Waals surface area contributed by atoms with Crippen molar-refractivity contribution in [3.05, 3.63) is 53.7 Å². The standard InChI is InChI=1S/C14H9F5N2OS/c15-10-4-3-8(6-11(10)16)21-12(22)9-2-1-5-20-13(9)23-7-14(17,18)19/h1-6H,7H2,(H,21,22). The fraction of sp³-hybridized carbons (Fsp3) is 0.143. The first-order valence-corrected chi connectivity index (χ1v) is 7.16. The smallest absolute Gasteiger partial charge is 0.322 e. The summed E-state index contributed by atoms with van der Waals surface area (Å²) in [5.74, 6) is -4.20. The molecule has 0 aliphatic carbocycles. The van der Waals surface area contributed by atoms with Gasteiger partial charge in [0.05, 0.1) is 11.3 Å². The minimum atomic E-state index is -4.41. The first-order chi connectivity index (χ1) is 10.8. The normalized spacial score (nSPS) is 11.3. The van der Waals surface area contributed by atoms with Gasteiger partial charge in [0.25, 0.3) is 5.91 Å².